The van der Waals surface area contributed by atoms with E-state index in [4.69, 9.17) is 16.3 Å². The fourth-order valence-electron chi connectivity index (χ4n) is 1.70. The maximum absolute atomic E-state index is 12.2. The van der Waals surface area contributed by atoms with E-state index in [2.05, 4.69) is 15.0 Å². The van der Waals surface area contributed by atoms with E-state index in [1.165, 1.54) is 13.4 Å². The Balaban J connectivity index is 2.31. The number of ether oxygens (including phenoxy) is 1. The number of aromatic nitrogens is 4. The van der Waals surface area contributed by atoms with Gasteiger partial charge in [0, 0.05) is 12.3 Å². The van der Waals surface area contributed by atoms with Crippen molar-refractivity contribution in [1.29, 1.82) is 0 Å². The summed E-state index contributed by atoms with van der Waals surface area (Å²) in [6.45, 7) is 0.100. The topological polar surface area (TPSA) is 52.8 Å². The molecule has 110 valence electrons. The fraction of sp³-hybridized carbons (Fsp3) is 0.500. The first kappa shape index (κ1) is 15.2. The van der Waals surface area contributed by atoms with Crippen LogP contribution in [-0.2, 0) is 12.4 Å². The van der Waals surface area contributed by atoms with E-state index in [-0.39, 0.29) is 35.8 Å². The van der Waals surface area contributed by atoms with Crippen LogP contribution in [0.4, 0.5) is 13.2 Å². The van der Waals surface area contributed by atoms with Gasteiger partial charge in [0.25, 0.3) is 0 Å². The van der Waals surface area contributed by atoms with Crippen LogP contribution in [0.15, 0.2) is 6.33 Å². The van der Waals surface area contributed by atoms with Crippen LogP contribution in [0.2, 0.25) is 0 Å². The van der Waals surface area contributed by atoms with Crippen molar-refractivity contribution in [3.63, 3.8) is 0 Å². The molecular formula is C10H10ClF3N4OS. The van der Waals surface area contributed by atoms with Gasteiger partial charge in [0.05, 0.1) is 13.0 Å². The van der Waals surface area contributed by atoms with Gasteiger partial charge in [-0.05, 0) is 11.8 Å². The fourth-order valence-corrected chi connectivity index (χ4v) is 2.41. The van der Waals surface area contributed by atoms with Gasteiger partial charge in [-0.15, -0.1) is 11.6 Å². The predicted octanol–water partition coefficient (Wildman–Crippen LogP) is 2.83. The number of hydrogen-bond acceptors (Lipinski definition) is 5. The van der Waals surface area contributed by atoms with E-state index in [0.717, 1.165) is 0 Å². The summed E-state index contributed by atoms with van der Waals surface area (Å²) in [4.78, 5) is 12.1. The molecule has 0 amide bonds. The van der Waals surface area contributed by atoms with Crippen LogP contribution in [-0.4, -0.2) is 37.9 Å². The van der Waals surface area contributed by atoms with Crippen molar-refractivity contribution < 1.29 is 17.9 Å². The molecule has 0 fully saturated rings. The van der Waals surface area contributed by atoms with Crippen molar-refractivity contribution in [1.82, 2.24) is 19.5 Å². The lowest BCUT2D eigenvalue weighted by Gasteiger charge is -2.08. The molecule has 5 nitrogen and oxygen atoms in total. The normalized spacial score (nSPS) is 12.1. The molecule has 10 heteroatoms. The molecule has 0 aliphatic carbocycles. The van der Waals surface area contributed by atoms with Crippen LogP contribution < -0.4 is 4.74 Å². The van der Waals surface area contributed by atoms with Gasteiger partial charge >= 0.3 is 5.51 Å². The Bertz CT molecular complexity index is 604. The molecule has 0 aliphatic heterocycles. The molecule has 0 saturated heterocycles. The second kappa shape index (κ2) is 6.04. The van der Waals surface area contributed by atoms with Crippen molar-refractivity contribution in [2.75, 3.05) is 12.9 Å². The Kier molecular flexibility index (Phi) is 4.59. The largest absolute Gasteiger partial charge is 0.479 e. The monoisotopic (exact) mass is 326 g/mol. The first-order valence-corrected chi connectivity index (χ1v) is 6.99. The Morgan fingerprint density at radius 2 is 2.15 bits per heavy atom. The molecule has 2 aromatic rings. The number of rotatable bonds is 5. The molecule has 0 aromatic carbocycles. The molecule has 0 aliphatic rings. The molecule has 0 atom stereocenters. The summed E-state index contributed by atoms with van der Waals surface area (Å²) in [6, 6.07) is 0. The second-order valence-electron chi connectivity index (χ2n) is 3.66. The number of halogens is 4. The molecular weight excluding hydrogens is 317 g/mol. The first-order valence-electron chi connectivity index (χ1n) is 5.47. The third-order valence-electron chi connectivity index (χ3n) is 2.47. The van der Waals surface area contributed by atoms with E-state index in [0.29, 0.717) is 17.0 Å². The Morgan fingerprint density at radius 3 is 2.75 bits per heavy atom. The van der Waals surface area contributed by atoms with Gasteiger partial charge in [-0.25, -0.2) is 9.97 Å². The van der Waals surface area contributed by atoms with Crippen LogP contribution in [0.3, 0.4) is 0 Å². The zero-order chi connectivity index (χ0) is 14.8. The van der Waals surface area contributed by atoms with Gasteiger partial charge < -0.3 is 9.30 Å². The van der Waals surface area contributed by atoms with Crippen molar-refractivity contribution in [3.05, 3.63) is 12.2 Å². The van der Waals surface area contributed by atoms with Crippen LogP contribution in [0, 0.1) is 0 Å². The summed E-state index contributed by atoms with van der Waals surface area (Å²) in [5.41, 5.74) is -3.46. The molecule has 0 saturated carbocycles. The quantitative estimate of drug-likeness (QED) is 0.791. The number of aryl methyl sites for hydroxylation is 1. The summed E-state index contributed by atoms with van der Waals surface area (Å²) in [5.74, 6) is 0.619. The number of thioether (sulfide) groups is 1. The van der Waals surface area contributed by atoms with Crippen LogP contribution in [0.25, 0.3) is 11.2 Å². The number of hydrogen-bond donors (Lipinski definition) is 0. The minimum atomic E-state index is -4.26. The van der Waals surface area contributed by atoms with Crippen molar-refractivity contribution in [3.8, 4) is 5.88 Å². The summed E-state index contributed by atoms with van der Waals surface area (Å²) < 4.78 is 43.1. The van der Waals surface area contributed by atoms with Gasteiger partial charge in [-0.2, -0.15) is 18.2 Å². The highest BCUT2D eigenvalue weighted by Gasteiger charge is 2.28. The second-order valence-corrected chi connectivity index (χ2v) is 5.09. The standard InChI is InChI=1S/C10H10ClF3N4OS/c1-19-9-7-8(15-5-16-9)18(6(4-11)17-7)2-3-20-10(12,13)14/h5H,2-4H2,1H3. The lowest BCUT2D eigenvalue weighted by molar-refractivity contribution is -0.0328. The minimum absolute atomic E-state index is 0.0657. The number of nitrogens with zero attached hydrogens (tertiary/aromatic N) is 4. The van der Waals surface area contributed by atoms with Crippen molar-refractivity contribution >= 4 is 34.5 Å². The first-order chi connectivity index (χ1) is 9.46. The Hall–Kier alpha value is -1.22. The third-order valence-corrected chi connectivity index (χ3v) is 3.42. The van der Waals surface area contributed by atoms with E-state index >= 15 is 0 Å². The van der Waals surface area contributed by atoms with Crippen molar-refractivity contribution in [2.45, 2.75) is 17.9 Å². The summed E-state index contributed by atoms with van der Waals surface area (Å²) in [5, 5.41) is 0. The zero-order valence-corrected chi connectivity index (χ0v) is 11.9. The molecule has 2 heterocycles. The number of fused-ring (bicyclic) bond motifs is 1. The zero-order valence-electron chi connectivity index (χ0n) is 10.3. The van der Waals surface area contributed by atoms with Gasteiger partial charge in [0.1, 0.15) is 12.2 Å². The summed E-state index contributed by atoms with van der Waals surface area (Å²) in [6.07, 6.45) is 1.27. The molecule has 0 spiro atoms. The summed E-state index contributed by atoms with van der Waals surface area (Å²) in [7, 11) is 1.43. The smallest absolute Gasteiger partial charge is 0.441 e. The third kappa shape index (κ3) is 3.26. The van der Waals surface area contributed by atoms with Crippen LogP contribution in [0.5, 0.6) is 5.88 Å². The van der Waals surface area contributed by atoms with Gasteiger partial charge in [0.15, 0.2) is 11.2 Å². The molecule has 0 bridgehead atoms. The highest BCUT2D eigenvalue weighted by Crippen LogP contribution is 2.31. The maximum Gasteiger partial charge on any atom is 0.441 e. The van der Waals surface area contributed by atoms with Crippen LogP contribution in [0.1, 0.15) is 5.82 Å². The van der Waals surface area contributed by atoms with Gasteiger partial charge in [0.2, 0.25) is 5.88 Å². The van der Waals surface area contributed by atoms with E-state index in [1.807, 2.05) is 0 Å². The maximum atomic E-state index is 12.2. The van der Waals surface area contributed by atoms with Gasteiger partial charge in [-0.3, -0.25) is 0 Å². The highest BCUT2D eigenvalue weighted by molar-refractivity contribution is 8.00. The number of imidazole rings is 1. The Labute approximate surface area is 121 Å². The molecule has 2 rings (SSSR count). The van der Waals surface area contributed by atoms with Gasteiger partial charge in [-0.1, -0.05) is 0 Å². The number of methoxy groups -OCH3 is 1. The average Bonchev–Trinajstić information content (AvgIpc) is 2.75. The Morgan fingerprint density at radius 1 is 1.40 bits per heavy atom. The average molecular weight is 327 g/mol. The predicted molar refractivity (Wildman–Crippen MR) is 69.9 cm³/mol. The molecule has 2 aromatic heterocycles. The minimum Gasteiger partial charge on any atom is -0.479 e. The molecule has 0 N–H and O–H groups in total. The van der Waals surface area contributed by atoms with E-state index in [1.54, 1.807) is 4.57 Å². The van der Waals surface area contributed by atoms with E-state index in [9.17, 15) is 13.2 Å². The lowest BCUT2D eigenvalue weighted by Crippen LogP contribution is -2.09. The lowest BCUT2D eigenvalue weighted by atomic mass is 10.5. The SMILES string of the molecule is COc1ncnc2c1nc(CCl)n2CCSC(F)(F)F. The molecule has 0 unspecified atom stereocenters. The van der Waals surface area contributed by atoms with Crippen molar-refractivity contribution in [2.24, 2.45) is 0 Å². The highest BCUT2D eigenvalue weighted by atomic mass is 35.5. The summed E-state index contributed by atoms with van der Waals surface area (Å²) >= 11 is 5.67. The molecule has 20 heavy (non-hydrogen) atoms. The van der Waals surface area contributed by atoms with E-state index < -0.39 is 5.51 Å². The number of alkyl halides is 4. The molecule has 0 radical (unpaired) electrons. The van der Waals surface area contributed by atoms with Crippen LogP contribution >= 0.6 is 23.4 Å².